The van der Waals surface area contributed by atoms with E-state index in [0.717, 1.165) is 17.0 Å². The van der Waals surface area contributed by atoms with Crippen molar-refractivity contribution in [2.75, 3.05) is 0 Å². The molecular weight excluding hydrogens is 338 g/mol. The third-order valence-corrected chi connectivity index (χ3v) is 4.00. The molecule has 1 heterocycles. The van der Waals surface area contributed by atoms with Gasteiger partial charge in [-0.1, -0.05) is 30.3 Å². The predicted molar refractivity (Wildman–Crippen MR) is 102 cm³/mol. The lowest BCUT2D eigenvalue weighted by Gasteiger charge is -2.10. The van der Waals surface area contributed by atoms with Gasteiger partial charge in [0.15, 0.2) is 0 Å². The Morgan fingerprint density at radius 1 is 1.11 bits per heavy atom. The summed E-state index contributed by atoms with van der Waals surface area (Å²) in [5.74, 6) is 0.380. The second kappa shape index (κ2) is 8.63. The van der Waals surface area contributed by atoms with Crippen LogP contribution < -0.4 is 10.1 Å². The molecule has 0 aliphatic carbocycles. The fourth-order valence-electron chi connectivity index (χ4n) is 2.61. The standard InChI is InChI=1S/C22H19N3O2/c1-16-6-4-10-20(25-16)14-24-22(26)17-9-5-11-21(12-17)27-15-19-8-3-2-7-18(19)13-23/h2-12H,14-15H2,1H3,(H,24,26). The number of aryl methyl sites for hydroxylation is 1. The van der Waals surface area contributed by atoms with E-state index >= 15 is 0 Å². The molecule has 5 heteroatoms. The number of amides is 1. The number of aromatic nitrogens is 1. The molecule has 0 aliphatic rings. The van der Waals surface area contributed by atoms with Gasteiger partial charge in [0, 0.05) is 16.8 Å². The first-order valence-electron chi connectivity index (χ1n) is 8.57. The number of nitriles is 1. The molecule has 134 valence electrons. The molecule has 1 N–H and O–H groups in total. The number of rotatable bonds is 6. The Bertz CT molecular complexity index is 993. The van der Waals surface area contributed by atoms with Crippen LogP contribution in [0.1, 0.15) is 32.9 Å². The topological polar surface area (TPSA) is 75.0 Å². The molecule has 5 nitrogen and oxygen atoms in total. The predicted octanol–water partition coefficient (Wildman–Crippen LogP) is 3.77. The number of nitrogens with one attached hydrogen (secondary N) is 1. The fourth-order valence-corrected chi connectivity index (χ4v) is 2.61. The highest BCUT2D eigenvalue weighted by atomic mass is 16.5. The van der Waals surface area contributed by atoms with Crippen LogP contribution in [0.2, 0.25) is 0 Å². The van der Waals surface area contributed by atoms with Gasteiger partial charge in [0.2, 0.25) is 0 Å². The summed E-state index contributed by atoms with van der Waals surface area (Å²) in [7, 11) is 0. The normalized spacial score (nSPS) is 10.1. The molecule has 3 aromatic rings. The zero-order chi connectivity index (χ0) is 19.1. The van der Waals surface area contributed by atoms with Crippen molar-refractivity contribution in [3.63, 3.8) is 0 Å². The molecular formula is C22H19N3O2. The molecule has 3 rings (SSSR count). The fraction of sp³-hybridized carbons (Fsp3) is 0.136. The van der Waals surface area contributed by atoms with E-state index in [9.17, 15) is 4.79 Å². The number of carbonyl (C=O) groups is 1. The average molecular weight is 357 g/mol. The lowest BCUT2D eigenvalue weighted by molar-refractivity contribution is 0.0950. The lowest BCUT2D eigenvalue weighted by atomic mass is 10.1. The Hall–Kier alpha value is -3.65. The van der Waals surface area contributed by atoms with Gasteiger partial charge >= 0.3 is 0 Å². The highest BCUT2D eigenvalue weighted by Gasteiger charge is 2.08. The monoisotopic (exact) mass is 357 g/mol. The summed E-state index contributed by atoms with van der Waals surface area (Å²) >= 11 is 0. The molecule has 0 radical (unpaired) electrons. The SMILES string of the molecule is Cc1cccc(CNC(=O)c2cccc(OCc3ccccc3C#N)c2)n1. The van der Waals surface area contributed by atoms with E-state index < -0.39 is 0 Å². The van der Waals surface area contributed by atoms with Crippen LogP contribution in [0.3, 0.4) is 0 Å². The van der Waals surface area contributed by atoms with Gasteiger partial charge in [0.1, 0.15) is 12.4 Å². The van der Waals surface area contributed by atoms with Crippen molar-refractivity contribution in [3.05, 3.63) is 94.8 Å². The van der Waals surface area contributed by atoms with Crippen molar-refractivity contribution in [2.45, 2.75) is 20.1 Å². The van der Waals surface area contributed by atoms with Gasteiger partial charge in [-0.05, 0) is 43.3 Å². The van der Waals surface area contributed by atoms with Crippen molar-refractivity contribution in [1.82, 2.24) is 10.3 Å². The van der Waals surface area contributed by atoms with E-state index in [1.54, 1.807) is 30.3 Å². The van der Waals surface area contributed by atoms with E-state index in [-0.39, 0.29) is 12.5 Å². The molecule has 0 saturated heterocycles. The third kappa shape index (κ3) is 4.93. The molecule has 27 heavy (non-hydrogen) atoms. The first kappa shape index (κ1) is 18.2. The van der Waals surface area contributed by atoms with E-state index in [1.807, 2.05) is 43.3 Å². The van der Waals surface area contributed by atoms with Crippen LogP contribution in [0.5, 0.6) is 5.75 Å². The van der Waals surface area contributed by atoms with Crippen LogP contribution in [-0.2, 0) is 13.2 Å². The Morgan fingerprint density at radius 2 is 1.93 bits per heavy atom. The Kier molecular flexibility index (Phi) is 5.80. The average Bonchev–Trinajstić information content (AvgIpc) is 2.71. The maximum Gasteiger partial charge on any atom is 0.251 e. The molecule has 0 spiro atoms. The molecule has 2 aromatic carbocycles. The number of hydrogen-bond acceptors (Lipinski definition) is 4. The molecule has 0 unspecified atom stereocenters. The van der Waals surface area contributed by atoms with Gasteiger partial charge in [-0.15, -0.1) is 0 Å². The van der Waals surface area contributed by atoms with Gasteiger partial charge in [-0.2, -0.15) is 5.26 Å². The van der Waals surface area contributed by atoms with Gasteiger partial charge in [-0.3, -0.25) is 9.78 Å². The molecule has 0 atom stereocenters. The van der Waals surface area contributed by atoms with E-state index in [4.69, 9.17) is 10.00 Å². The lowest BCUT2D eigenvalue weighted by Crippen LogP contribution is -2.23. The van der Waals surface area contributed by atoms with Crippen molar-refractivity contribution in [1.29, 1.82) is 5.26 Å². The summed E-state index contributed by atoms with van der Waals surface area (Å²) in [6, 6.07) is 22.1. The first-order chi connectivity index (χ1) is 13.2. The van der Waals surface area contributed by atoms with Crippen LogP contribution in [0.25, 0.3) is 0 Å². The van der Waals surface area contributed by atoms with Crippen molar-refractivity contribution in [3.8, 4) is 11.8 Å². The second-order valence-corrected chi connectivity index (χ2v) is 6.04. The summed E-state index contributed by atoms with van der Waals surface area (Å²) in [5, 5.41) is 12.0. The second-order valence-electron chi connectivity index (χ2n) is 6.04. The number of nitrogens with zero attached hydrogens (tertiary/aromatic N) is 2. The van der Waals surface area contributed by atoms with E-state index in [1.165, 1.54) is 0 Å². The number of carbonyl (C=O) groups excluding carboxylic acids is 1. The molecule has 0 saturated carbocycles. The Labute approximate surface area is 158 Å². The summed E-state index contributed by atoms with van der Waals surface area (Å²) in [5.41, 5.74) is 3.62. The summed E-state index contributed by atoms with van der Waals surface area (Å²) in [6.45, 7) is 2.54. The summed E-state index contributed by atoms with van der Waals surface area (Å²) < 4.78 is 5.76. The quantitative estimate of drug-likeness (QED) is 0.729. The Morgan fingerprint density at radius 3 is 2.74 bits per heavy atom. The highest BCUT2D eigenvalue weighted by Crippen LogP contribution is 2.17. The molecule has 1 aromatic heterocycles. The summed E-state index contributed by atoms with van der Waals surface area (Å²) in [4.78, 5) is 16.8. The van der Waals surface area contributed by atoms with Crippen molar-refractivity contribution in [2.24, 2.45) is 0 Å². The van der Waals surface area contributed by atoms with Crippen LogP contribution >= 0.6 is 0 Å². The van der Waals surface area contributed by atoms with Crippen LogP contribution in [-0.4, -0.2) is 10.9 Å². The van der Waals surface area contributed by atoms with E-state index in [2.05, 4.69) is 16.4 Å². The molecule has 0 bridgehead atoms. The highest BCUT2D eigenvalue weighted by molar-refractivity contribution is 5.94. The minimum absolute atomic E-state index is 0.193. The van der Waals surface area contributed by atoms with Gasteiger partial charge in [0.25, 0.3) is 5.91 Å². The van der Waals surface area contributed by atoms with Gasteiger partial charge in [0.05, 0.1) is 23.9 Å². The maximum atomic E-state index is 12.4. The van der Waals surface area contributed by atoms with Crippen LogP contribution in [0.15, 0.2) is 66.7 Å². The van der Waals surface area contributed by atoms with Gasteiger partial charge < -0.3 is 10.1 Å². The molecule has 1 amide bonds. The number of benzene rings is 2. The van der Waals surface area contributed by atoms with Gasteiger partial charge in [-0.25, -0.2) is 0 Å². The van der Waals surface area contributed by atoms with Crippen LogP contribution in [0, 0.1) is 18.3 Å². The van der Waals surface area contributed by atoms with Crippen molar-refractivity contribution < 1.29 is 9.53 Å². The largest absolute Gasteiger partial charge is 0.489 e. The number of ether oxygens (including phenoxy) is 1. The van der Waals surface area contributed by atoms with E-state index in [0.29, 0.717) is 23.4 Å². The minimum Gasteiger partial charge on any atom is -0.489 e. The summed E-state index contributed by atoms with van der Waals surface area (Å²) in [6.07, 6.45) is 0. The van der Waals surface area contributed by atoms with Crippen molar-refractivity contribution >= 4 is 5.91 Å². The Balaban J connectivity index is 1.62. The zero-order valence-electron chi connectivity index (χ0n) is 15.0. The number of hydrogen-bond donors (Lipinski definition) is 1. The smallest absolute Gasteiger partial charge is 0.251 e. The number of pyridine rings is 1. The third-order valence-electron chi connectivity index (χ3n) is 4.00. The molecule has 0 fully saturated rings. The maximum absolute atomic E-state index is 12.4. The zero-order valence-corrected chi connectivity index (χ0v) is 15.0. The van der Waals surface area contributed by atoms with Crippen LogP contribution in [0.4, 0.5) is 0 Å². The minimum atomic E-state index is -0.193. The first-order valence-corrected chi connectivity index (χ1v) is 8.57. The molecule has 0 aliphatic heterocycles.